The van der Waals surface area contributed by atoms with Gasteiger partial charge < -0.3 is 16.9 Å². The Morgan fingerprint density at radius 1 is 0.481 bits per heavy atom. The zero-order valence-corrected chi connectivity index (χ0v) is 20.2. The van der Waals surface area contributed by atoms with Gasteiger partial charge in [-0.3, -0.25) is 0 Å². The molecule has 0 rings (SSSR count). The van der Waals surface area contributed by atoms with Crippen LogP contribution in [-0.4, -0.2) is 25.6 Å². The first kappa shape index (κ1) is 29.2. The molecule has 0 unspecified atom stereocenters. The van der Waals surface area contributed by atoms with Gasteiger partial charge in [-0.1, -0.05) is 116 Å². The Balaban J connectivity index is 0. The first-order valence-electron chi connectivity index (χ1n) is 12.0. The molecule has 0 fully saturated rings. The van der Waals surface area contributed by atoms with Crippen LogP contribution in [-0.2, 0) is 0 Å². The molecular weight excluding hydrogens is 350 g/mol. The molecule has 0 aromatic rings. The highest BCUT2D eigenvalue weighted by Crippen LogP contribution is 2.14. The fourth-order valence-corrected chi connectivity index (χ4v) is 3.55. The molecule has 0 N–H and O–H groups in total. The summed E-state index contributed by atoms with van der Waals surface area (Å²) >= 11 is 0. The van der Waals surface area contributed by atoms with Gasteiger partial charge in [-0.25, -0.2) is 0 Å². The van der Waals surface area contributed by atoms with E-state index in [4.69, 9.17) is 0 Å². The molecule has 0 saturated carbocycles. The van der Waals surface area contributed by atoms with Gasteiger partial charge in [0.25, 0.3) is 0 Å². The zero-order valence-electron chi connectivity index (χ0n) is 19.4. The van der Waals surface area contributed by atoms with Crippen molar-refractivity contribution in [2.24, 2.45) is 0 Å². The summed E-state index contributed by atoms with van der Waals surface area (Å²) < 4.78 is 0.943. The number of hydrogen-bond acceptors (Lipinski definition) is 0. The Labute approximate surface area is 179 Å². The molecule has 1 nitrogen and oxygen atoms in total. The first-order chi connectivity index (χ1) is 12.6. The molecule has 0 heterocycles. The topological polar surface area (TPSA) is 0 Å². The lowest BCUT2D eigenvalue weighted by atomic mass is 10.0. The second-order valence-electron chi connectivity index (χ2n) is 9.30. The molecule has 0 saturated heterocycles. The monoisotopic (exact) mass is 401 g/mol. The van der Waals surface area contributed by atoms with Crippen molar-refractivity contribution in [2.75, 3.05) is 21.1 Å². The Morgan fingerprint density at radius 3 is 1.07 bits per heavy atom. The van der Waals surface area contributed by atoms with E-state index >= 15 is 0 Å². The fraction of sp³-hybridized carbons (Fsp3) is 0.920. The predicted octanol–water partition coefficient (Wildman–Crippen LogP) is 5.64. The van der Waals surface area contributed by atoms with E-state index in [-0.39, 0.29) is 12.4 Å². The van der Waals surface area contributed by atoms with Gasteiger partial charge in [0.15, 0.2) is 0 Å². The third kappa shape index (κ3) is 28.3. The van der Waals surface area contributed by atoms with Gasteiger partial charge >= 0.3 is 0 Å². The standard InChI is InChI=1S/C25H52N.ClH/c1-5-6-7-8-9-10-11-12-13-14-15-16-17-18-19-20-21-22-23-24-25-26(2,3)4;/h24-25H,5-23H2,1-4H3;1H/q+1;/p-1/b25-24+;. The summed E-state index contributed by atoms with van der Waals surface area (Å²) in [4.78, 5) is 0. The molecule has 0 aromatic carbocycles. The van der Waals surface area contributed by atoms with Crippen molar-refractivity contribution >= 4 is 0 Å². The number of allylic oxidation sites excluding steroid dienone is 1. The average molecular weight is 402 g/mol. The number of hydrogen-bond donors (Lipinski definition) is 0. The van der Waals surface area contributed by atoms with Gasteiger partial charge in [-0.2, -0.15) is 0 Å². The second-order valence-corrected chi connectivity index (χ2v) is 9.30. The van der Waals surface area contributed by atoms with Crippen LogP contribution >= 0.6 is 0 Å². The van der Waals surface area contributed by atoms with E-state index in [1.165, 1.54) is 122 Å². The lowest BCUT2D eigenvalue weighted by Gasteiger charge is -2.17. The number of rotatable bonds is 20. The third-order valence-corrected chi connectivity index (χ3v) is 5.28. The predicted molar refractivity (Wildman–Crippen MR) is 121 cm³/mol. The van der Waals surface area contributed by atoms with Crippen LogP contribution in [0.25, 0.3) is 0 Å². The molecule has 0 aliphatic heterocycles. The van der Waals surface area contributed by atoms with Gasteiger partial charge in [0.05, 0.1) is 27.3 Å². The first-order valence-corrected chi connectivity index (χ1v) is 12.0. The van der Waals surface area contributed by atoms with Gasteiger partial charge in [0.1, 0.15) is 0 Å². The molecular formula is C25H52ClN. The normalized spacial score (nSPS) is 11.9. The van der Waals surface area contributed by atoms with Gasteiger partial charge in [-0.05, 0) is 18.9 Å². The van der Waals surface area contributed by atoms with Crippen LogP contribution in [0.15, 0.2) is 12.3 Å². The van der Waals surface area contributed by atoms with E-state index in [2.05, 4.69) is 40.3 Å². The summed E-state index contributed by atoms with van der Waals surface area (Å²) in [6.07, 6.45) is 32.1. The molecule has 0 bridgehead atoms. The van der Waals surface area contributed by atoms with Crippen molar-refractivity contribution in [2.45, 2.75) is 129 Å². The maximum atomic E-state index is 2.35. The quantitative estimate of drug-likeness (QED) is 0.183. The van der Waals surface area contributed by atoms with Crippen LogP contribution < -0.4 is 12.4 Å². The van der Waals surface area contributed by atoms with E-state index in [1.54, 1.807) is 0 Å². The van der Waals surface area contributed by atoms with Crippen LogP contribution in [0, 0.1) is 0 Å². The summed E-state index contributed by atoms with van der Waals surface area (Å²) in [5.74, 6) is 0. The molecule has 0 amide bonds. The van der Waals surface area contributed by atoms with Crippen molar-refractivity contribution in [3.8, 4) is 0 Å². The molecule has 0 aliphatic rings. The minimum atomic E-state index is 0. The zero-order chi connectivity index (χ0) is 19.3. The molecule has 0 aromatic heterocycles. The number of unbranched alkanes of at least 4 members (excludes halogenated alkanes) is 18. The molecule has 27 heavy (non-hydrogen) atoms. The van der Waals surface area contributed by atoms with E-state index in [0.717, 1.165) is 4.48 Å². The molecule has 0 aliphatic carbocycles. The van der Waals surface area contributed by atoms with E-state index < -0.39 is 0 Å². The Morgan fingerprint density at radius 2 is 0.778 bits per heavy atom. The minimum absolute atomic E-state index is 0. The molecule has 2 heteroatoms. The summed E-state index contributed by atoms with van der Waals surface area (Å²) in [5, 5.41) is 0. The number of halogens is 1. The van der Waals surface area contributed by atoms with E-state index in [9.17, 15) is 0 Å². The molecule has 0 radical (unpaired) electrons. The SMILES string of the molecule is CCCCCCCCCCCCCCCCCCCC/C=C/[N+](C)(C)C.[Cl-]. The van der Waals surface area contributed by atoms with Crippen molar-refractivity contribution in [3.05, 3.63) is 12.3 Å². The van der Waals surface area contributed by atoms with Gasteiger partial charge in [0.2, 0.25) is 0 Å². The molecule has 0 spiro atoms. The average Bonchev–Trinajstić information content (AvgIpc) is 2.59. The van der Waals surface area contributed by atoms with Crippen molar-refractivity contribution in [3.63, 3.8) is 0 Å². The van der Waals surface area contributed by atoms with E-state index in [1.807, 2.05) is 0 Å². The minimum Gasteiger partial charge on any atom is -1.00 e. The van der Waals surface area contributed by atoms with Crippen molar-refractivity contribution < 1.29 is 16.9 Å². The number of quaternary nitrogens is 1. The van der Waals surface area contributed by atoms with Crippen LogP contribution in [0.5, 0.6) is 0 Å². The van der Waals surface area contributed by atoms with Gasteiger partial charge in [0, 0.05) is 0 Å². The summed E-state index contributed by atoms with van der Waals surface area (Å²) in [6.45, 7) is 2.30. The highest BCUT2D eigenvalue weighted by molar-refractivity contribution is 4.73. The Hall–Kier alpha value is -0.0100. The van der Waals surface area contributed by atoms with Crippen molar-refractivity contribution in [1.82, 2.24) is 0 Å². The summed E-state index contributed by atoms with van der Waals surface area (Å²) in [7, 11) is 6.64. The lowest BCUT2D eigenvalue weighted by molar-refractivity contribution is -0.817. The second kappa shape index (κ2) is 22.3. The van der Waals surface area contributed by atoms with Gasteiger partial charge in [-0.15, -0.1) is 0 Å². The Bertz CT molecular complexity index is 293. The van der Waals surface area contributed by atoms with Crippen molar-refractivity contribution in [1.29, 1.82) is 0 Å². The largest absolute Gasteiger partial charge is 1.00 e. The lowest BCUT2D eigenvalue weighted by Crippen LogP contribution is -3.00. The molecule has 164 valence electrons. The highest BCUT2D eigenvalue weighted by atomic mass is 35.5. The van der Waals surface area contributed by atoms with Crippen LogP contribution in [0.3, 0.4) is 0 Å². The smallest absolute Gasteiger partial charge is 0.0911 e. The van der Waals surface area contributed by atoms with Crippen LogP contribution in [0.4, 0.5) is 0 Å². The van der Waals surface area contributed by atoms with Crippen LogP contribution in [0.2, 0.25) is 0 Å². The maximum absolute atomic E-state index is 2.35. The summed E-state index contributed by atoms with van der Waals surface area (Å²) in [5.41, 5.74) is 0. The highest BCUT2D eigenvalue weighted by Gasteiger charge is 1.98. The van der Waals surface area contributed by atoms with E-state index in [0.29, 0.717) is 0 Å². The maximum Gasteiger partial charge on any atom is 0.0911 e. The molecule has 0 atom stereocenters. The Kier molecular flexibility index (Phi) is 24.1. The van der Waals surface area contributed by atoms with Crippen LogP contribution in [0.1, 0.15) is 129 Å². The fourth-order valence-electron chi connectivity index (χ4n) is 3.55. The third-order valence-electron chi connectivity index (χ3n) is 5.28. The number of nitrogens with zero attached hydrogens (tertiary/aromatic N) is 1. The summed E-state index contributed by atoms with van der Waals surface area (Å²) in [6, 6.07) is 0.